The maximum absolute atomic E-state index is 11.7. The molecule has 3 aromatic carbocycles. The van der Waals surface area contributed by atoms with Crippen molar-refractivity contribution in [3.8, 4) is 11.5 Å². The van der Waals surface area contributed by atoms with Crippen molar-refractivity contribution in [1.82, 2.24) is 10.2 Å². The fourth-order valence-electron chi connectivity index (χ4n) is 5.34. The maximum atomic E-state index is 11.7. The Kier molecular flexibility index (Phi) is 6.93. The van der Waals surface area contributed by atoms with Gasteiger partial charge in [0, 0.05) is 31.2 Å². The molecule has 3 aromatic rings. The second-order valence-electron chi connectivity index (χ2n) is 9.35. The van der Waals surface area contributed by atoms with E-state index >= 15 is 0 Å². The largest absolute Gasteiger partial charge is 0.465 e. The van der Waals surface area contributed by atoms with E-state index in [1.807, 2.05) is 54.6 Å². The number of hydrogen-bond acceptors (Lipinski definition) is 5. The Bertz CT molecular complexity index is 1070. The minimum atomic E-state index is -0.281. The van der Waals surface area contributed by atoms with Crippen molar-refractivity contribution in [3.05, 3.63) is 95.6 Å². The normalized spacial score (nSPS) is 21.9. The van der Waals surface area contributed by atoms with Gasteiger partial charge in [-0.2, -0.15) is 0 Å². The lowest BCUT2D eigenvalue weighted by molar-refractivity contribution is 0.0600. The van der Waals surface area contributed by atoms with Crippen LogP contribution in [0.15, 0.2) is 78.9 Å². The SMILES string of the molecule is COC(=O)c1ccc(CN2[C@@H]3CC[C@H]2CC(NCc2ccc(Oc4ccccc4)cc2)C3)cc1. The molecule has 0 saturated carbocycles. The lowest BCUT2D eigenvalue weighted by Gasteiger charge is -2.39. The van der Waals surface area contributed by atoms with Gasteiger partial charge >= 0.3 is 5.97 Å². The molecule has 5 rings (SSSR count). The summed E-state index contributed by atoms with van der Waals surface area (Å²) in [6.07, 6.45) is 4.92. The third-order valence-corrected chi connectivity index (χ3v) is 7.12. The van der Waals surface area contributed by atoms with E-state index in [2.05, 4.69) is 34.5 Å². The zero-order valence-corrected chi connectivity index (χ0v) is 19.7. The van der Waals surface area contributed by atoms with Gasteiger partial charge in [-0.3, -0.25) is 4.90 Å². The molecule has 3 atom stereocenters. The van der Waals surface area contributed by atoms with Crippen molar-refractivity contribution in [1.29, 1.82) is 0 Å². The molecule has 2 aliphatic heterocycles. The van der Waals surface area contributed by atoms with Gasteiger partial charge in [0.15, 0.2) is 0 Å². The van der Waals surface area contributed by atoms with Crippen LogP contribution in [0.3, 0.4) is 0 Å². The average Bonchev–Trinajstić information content (AvgIpc) is 3.10. The number of hydrogen-bond donors (Lipinski definition) is 1. The highest BCUT2D eigenvalue weighted by molar-refractivity contribution is 5.89. The number of ether oxygens (including phenoxy) is 2. The summed E-state index contributed by atoms with van der Waals surface area (Å²) in [4.78, 5) is 14.3. The lowest BCUT2D eigenvalue weighted by atomic mass is 9.96. The highest BCUT2D eigenvalue weighted by Crippen LogP contribution is 2.37. The van der Waals surface area contributed by atoms with Gasteiger partial charge in [0.2, 0.25) is 0 Å². The van der Waals surface area contributed by atoms with Crippen LogP contribution in [-0.2, 0) is 17.8 Å². The van der Waals surface area contributed by atoms with Gasteiger partial charge in [-0.25, -0.2) is 4.79 Å². The van der Waals surface area contributed by atoms with Crippen molar-refractivity contribution in [2.75, 3.05) is 7.11 Å². The van der Waals surface area contributed by atoms with Crippen molar-refractivity contribution in [2.24, 2.45) is 0 Å². The van der Waals surface area contributed by atoms with Crippen LogP contribution >= 0.6 is 0 Å². The summed E-state index contributed by atoms with van der Waals surface area (Å²) in [5.74, 6) is 1.44. The second kappa shape index (κ2) is 10.4. The van der Waals surface area contributed by atoms with Crippen LogP contribution in [0.5, 0.6) is 11.5 Å². The first-order chi connectivity index (χ1) is 16.7. The lowest BCUT2D eigenvalue weighted by Crippen LogP contribution is -2.48. The Morgan fingerprint density at radius 3 is 2.12 bits per heavy atom. The van der Waals surface area contributed by atoms with Crippen LogP contribution in [0.2, 0.25) is 0 Å². The molecule has 34 heavy (non-hydrogen) atoms. The molecule has 0 aliphatic carbocycles. The molecule has 2 bridgehead atoms. The molecular weight excluding hydrogens is 424 g/mol. The minimum Gasteiger partial charge on any atom is -0.465 e. The van der Waals surface area contributed by atoms with Gasteiger partial charge in [0.05, 0.1) is 12.7 Å². The van der Waals surface area contributed by atoms with Crippen molar-refractivity contribution in [3.63, 3.8) is 0 Å². The van der Waals surface area contributed by atoms with Crippen LogP contribution in [-0.4, -0.2) is 36.1 Å². The van der Waals surface area contributed by atoms with Crippen molar-refractivity contribution < 1.29 is 14.3 Å². The standard InChI is InChI=1S/C29H32N2O3/c1-33-29(32)23-11-7-22(8-12-23)20-31-25-13-14-26(31)18-24(17-25)30-19-21-9-15-28(16-10-21)34-27-5-3-2-4-6-27/h2-12,15-16,24-26,30H,13-14,17-20H2,1H3/t24?,25-,26+. The number of benzene rings is 3. The number of piperidine rings is 1. The first-order valence-corrected chi connectivity index (χ1v) is 12.2. The Labute approximate surface area is 201 Å². The monoisotopic (exact) mass is 456 g/mol. The fourth-order valence-corrected chi connectivity index (χ4v) is 5.34. The number of rotatable bonds is 8. The molecule has 5 heteroatoms. The summed E-state index contributed by atoms with van der Waals surface area (Å²) in [6.45, 7) is 1.83. The van der Waals surface area contributed by atoms with E-state index in [0.717, 1.165) is 24.6 Å². The summed E-state index contributed by atoms with van der Waals surface area (Å²) < 4.78 is 10.7. The number of nitrogens with one attached hydrogen (secondary N) is 1. The third kappa shape index (κ3) is 5.32. The molecule has 0 amide bonds. The molecule has 0 radical (unpaired) electrons. The maximum Gasteiger partial charge on any atom is 0.337 e. The quantitative estimate of drug-likeness (QED) is 0.451. The Morgan fingerprint density at radius 2 is 1.47 bits per heavy atom. The Hall–Kier alpha value is -3.15. The van der Waals surface area contributed by atoms with E-state index in [4.69, 9.17) is 9.47 Å². The average molecular weight is 457 g/mol. The Morgan fingerprint density at radius 1 is 0.853 bits per heavy atom. The summed E-state index contributed by atoms with van der Waals surface area (Å²) in [6, 6.07) is 27.9. The molecule has 2 fully saturated rings. The predicted octanol–water partition coefficient (Wildman–Crippen LogP) is 5.55. The van der Waals surface area contributed by atoms with E-state index in [1.54, 1.807) is 0 Å². The highest BCUT2D eigenvalue weighted by Gasteiger charge is 2.40. The molecule has 2 heterocycles. The van der Waals surface area contributed by atoms with Gasteiger partial charge in [-0.15, -0.1) is 0 Å². The van der Waals surface area contributed by atoms with Crippen LogP contribution in [0, 0.1) is 0 Å². The second-order valence-corrected chi connectivity index (χ2v) is 9.35. The van der Waals surface area contributed by atoms with E-state index in [1.165, 1.54) is 43.9 Å². The van der Waals surface area contributed by atoms with Crippen molar-refractivity contribution in [2.45, 2.75) is 56.9 Å². The number of fused-ring (bicyclic) bond motifs is 2. The number of carbonyl (C=O) groups is 1. The predicted molar refractivity (Wildman–Crippen MR) is 133 cm³/mol. The molecule has 1 unspecified atom stereocenters. The zero-order valence-electron chi connectivity index (χ0n) is 19.7. The molecular formula is C29H32N2O3. The van der Waals surface area contributed by atoms with E-state index < -0.39 is 0 Å². The highest BCUT2D eigenvalue weighted by atomic mass is 16.5. The summed E-state index contributed by atoms with van der Waals surface area (Å²) in [5.41, 5.74) is 3.14. The van der Waals surface area contributed by atoms with E-state index in [0.29, 0.717) is 23.7 Å². The summed E-state index contributed by atoms with van der Waals surface area (Å²) >= 11 is 0. The molecule has 176 valence electrons. The van der Waals surface area contributed by atoms with Gasteiger partial charge in [0.25, 0.3) is 0 Å². The number of methoxy groups -OCH3 is 1. The van der Waals surface area contributed by atoms with Gasteiger partial charge in [-0.05, 0) is 73.2 Å². The van der Waals surface area contributed by atoms with Crippen LogP contribution in [0.1, 0.15) is 47.2 Å². The van der Waals surface area contributed by atoms with Crippen LogP contribution < -0.4 is 10.1 Å². The van der Waals surface area contributed by atoms with Gasteiger partial charge in [0.1, 0.15) is 11.5 Å². The first kappa shape index (κ1) is 22.6. The number of carbonyl (C=O) groups excluding carboxylic acids is 1. The van der Waals surface area contributed by atoms with Crippen LogP contribution in [0.4, 0.5) is 0 Å². The third-order valence-electron chi connectivity index (χ3n) is 7.12. The molecule has 0 aromatic heterocycles. The summed E-state index contributed by atoms with van der Waals surface area (Å²) in [7, 11) is 1.42. The molecule has 2 saturated heterocycles. The zero-order chi connectivity index (χ0) is 23.3. The molecule has 0 spiro atoms. The molecule has 2 aliphatic rings. The summed E-state index contributed by atoms with van der Waals surface area (Å²) in [5, 5.41) is 3.80. The van der Waals surface area contributed by atoms with Gasteiger partial charge in [-0.1, -0.05) is 42.5 Å². The van der Waals surface area contributed by atoms with Crippen LogP contribution in [0.25, 0.3) is 0 Å². The number of para-hydroxylation sites is 1. The van der Waals surface area contributed by atoms with Crippen molar-refractivity contribution >= 4 is 5.97 Å². The van der Waals surface area contributed by atoms with E-state index in [9.17, 15) is 4.79 Å². The minimum absolute atomic E-state index is 0.281. The number of nitrogens with zero attached hydrogens (tertiary/aromatic N) is 1. The smallest absolute Gasteiger partial charge is 0.337 e. The first-order valence-electron chi connectivity index (χ1n) is 12.2. The molecule has 1 N–H and O–H groups in total. The number of esters is 1. The van der Waals surface area contributed by atoms with E-state index in [-0.39, 0.29) is 5.97 Å². The topological polar surface area (TPSA) is 50.8 Å². The fraction of sp³-hybridized carbons (Fsp3) is 0.345. The van der Waals surface area contributed by atoms with Gasteiger partial charge < -0.3 is 14.8 Å². The molecule has 5 nitrogen and oxygen atoms in total. The Balaban J connectivity index is 1.11.